The Bertz CT molecular complexity index is 558. The van der Waals surface area contributed by atoms with Gasteiger partial charge in [-0.2, -0.15) is 4.98 Å². The number of carboxylic acids is 1. The summed E-state index contributed by atoms with van der Waals surface area (Å²) in [6.45, 7) is 1.04. The number of aliphatic hydroxyl groups is 1. The normalized spacial score (nSPS) is 30.4. The number of anilines is 1. The van der Waals surface area contributed by atoms with Crippen LogP contribution in [0.25, 0.3) is 0 Å². The Morgan fingerprint density at radius 1 is 1.74 bits per heavy atom. The molecule has 0 radical (unpaired) electrons. The van der Waals surface area contributed by atoms with Crippen LogP contribution in [0, 0.1) is 5.41 Å². The number of nitrogen functional groups attached to an aromatic ring is 1. The van der Waals surface area contributed by atoms with Gasteiger partial charge in [-0.3, -0.25) is 9.36 Å². The highest BCUT2D eigenvalue weighted by Gasteiger charge is 2.51. The second-order valence-electron chi connectivity index (χ2n) is 4.73. The molecule has 1 aromatic rings. The standard InChI is InChI=1S/C11H15N3O5/c1-11(9(16)17)4-8(19-6(11)5-15)14-3-2-7(12)13-10(14)18/h2-3,6,8,15H,4-5H2,1H3,(H,16,17)(H2,12,13,18)/t6-,8-,11+/m1/s1. The lowest BCUT2D eigenvalue weighted by molar-refractivity contribution is -0.152. The molecule has 0 aromatic carbocycles. The summed E-state index contributed by atoms with van der Waals surface area (Å²) in [5, 5.41) is 18.5. The Labute approximate surface area is 108 Å². The maximum absolute atomic E-state index is 11.7. The molecule has 2 heterocycles. The van der Waals surface area contributed by atoms with E-state index in [2.05, 4.69) is 4.98 Å². The number of carboxylic acid groups (broad SMARTS) is 1. The van der Waals surface area contributed by atoms with Crippen LogP contribution in [0.3, 0.4) is 0 Å². The summed E-state index contributed by atoms with van der Waals surface area (Å²) < 4.78 is 6.62. The molecule has 0 bridgehead atoms. The Morgan fingerprint density at radius 3 is 2.89 bits per heavy atom. The average Bonchev–Trinajstić information content (AvgIpc) is 2.67. The van der Waals surface area contributed by atoms with Crippen LogP contribution in [-0.2, 0) is 9.53 Å². The van der Waals surface area contributed by atoms with E-state index >= 15 is 0 Å². The van der Waals surface area contributed by atoms with Crippen molar-refractivity contribution in [1.29, 1.82) is 0 Å². The molecule has 1 aliphatic rings. The van der Waals surface area contributed by atoms with Crippen LogP contribution in [0.5, 0.6) is 0 Å². The van der Waals surface area contributed by atoms with Crippen LogP contribution in [0.4, 0.5) is 5.82 Å². The maximum atomic E-state index is 11.7. The quantitative estimate of drug-likeness (QED) is 0.655. The summed E-state index contributed by atoms with van der Waals surface area (Å²) in [6.07, 6.45) is -0.186. The minimum absolute atomic E-state index is 0.0685. The first kappa shape index (κ1) is 13.5. The van der Waals surface area contributed by atoms with Crippen molar-refractivity contribution in [2.45, 2.75) is 25.7 Å². The van der Waals surface area contributed by atoms with Gasteiger partial charge in [0.05, 0.1) is 18.1 Å². The summed E-state index contributed by atoms with van der Waals surface area (Å²) in [6, 6.07) is 1.43. The molecule has 3 atom stereocenters. The number of aliphatic carboxylic acids is 1. The number of aliphatic hydroxyl groups excluding tert-OH is 1. The van der Waals surface area contributed by atoms with Gasteiger partial charge in [-0.05, 0) is 13.0 Å². The van der Waals surface area contributed by atoms with Gasteiger partial charge in [0, 0.05) is 12.6 Å². The lowest BCUT2D eigenvalue weighted by Crippen LogP contribution is -2.38. The molecular weight excluding hydrogens is 254 g/mol. The summed E-state index contributed by atoms with van der Waals surface area (Å²) in [5.41, 5.74) is 3.52. The first-order chi connectivity index (χ1) is 8.88. The van der Waals surface area contributed by atoms with E-state index in [0.29, 0.717) is 0 Å². The van der Waals surface area contributed by atoms with Gasteiger partial charge in [0.1, 0.15) is 12.0 Å². The van der Waals surface area contributed by atoms with Crippen molar-refractivity contribution in [3.8, 4) is 0 Å². The van der Waals surface area contributed by atoms with Crippen LogP contribution in [0.2, 0.25) is 0 Å². The zero-order chi connectivity index (χ0) is 14.2. The monoisotopic (exact) mass is 269 g/mol. The molecule has 1 aromatic heterocycles. The van der Waals surface area contributed by atoms with E-state index in [1.165, 1.54) is 23.8 Å². The number of rotatable bonds is 3. The number of ether oxygens (including phenoxy) is 1. The van der Waals surface area contributed by atoms with Crippen molar-refractivity contribution in [3.63, 3.8) is 0 Å². The van der Waals surface area contributed by atoms with E-state index in [9.17, 15) is 19.8 Å². The predicted octanol–water partition coefficient (Wildman–Crippen LogP) is -0.804. The van der Waals surface area contributed by atoms with E-state index in [0.717, 1.165) is 0 Å². The van der Waals surface area contributed by atoms with Crippen molar-refractivity contribution < 1.29 is 19.7 Å². The molecule has 1 fully saturated rings. The smallest absolute Gasteiger partial charge is 0.351 e. The lowest BCUT2D eigenvalue weighted by atomic mass is 9.83. The van der Waals surface area contributed by atoms with Crippen LogP contribution >= 0.6 is 0 Å². The van der Waals surface area contributed by atoms with Gasteiger partial charge >= 0.3 is 11.7 Å². The highest BCUT2D eigenvalue weighted by Crippen LogP contribution is 2.42. The molecule has 0 unspecified atom stereocenters. The maximum Gasteiger partial charge on any atom is 0.351 e. The summed E-state index contributed by atoms with van der Waals surface area (Å²) >= 11 is 0. The minimum atomic E-state index is -1.25. The second-order valence-corrected chi connectivity index (χ2v) is 4.73. The Balaban J connectivity index is 2.34. The number of hydrogen-bond acceptors (Lipinski definition) is 6. The molecule has 4 N–H and O–H groups in total. The molecular formula is C11H15N3O5. The van der Waals surface area contributed by atoms with Gasteiger partial charge in [-0.25, -0.2) is 4.79 Å². The molecule has 0 aliphatic carbocycles. The highest BCUT2D eigenvalue weighted by atomic mass is 16.5. The van der Waals surface area contributed by atoms with E-state index in [1.807, 2.05) is 0 Å². The number of aromatic nitrogens is 2. The fourth-order valence-corrected chi connectivity index (χ4v) is 2.16. The molecule has 0 spiro atoms. The largest absolute Gasteiger partial charge is 0.481 e. The Hall–Kier alpha value is -1.93. The first-order valence-electron chi connectivity index (χ1n) is 5.73. The van der Waals surface area contributed by atoms with Gasteiger partial charge in [0.25, 0.3) is 0 Å². The zero-order valence-electron chi connectivity index (χ0n) is 10.3. The zero-order valence-corrected chi connectivity index (χ0v) is 10.3. The van der Waals surface area contributed by atoms with E-state index < -0.39 is 36.0 Å². The van der Waals surface area contributed by atoms with Crippen molar-refractivity contribution in [1.82, 2.24) is 9.55 Å². The van der Waals surface area contributed by atoms with Gasteiger partial charge in [0.2, 0.25) is 0 Å². The van der Waals surface area contributed by atoms with E-state index in [1.54, 1.807) is 0 Å². The SMILES string of the molecule is C[C@]1(C(=O)O)C[C@H](n2ccc(N)nc2=O)O[C@@H]1CO. The van der Waals surface area contributed by atoms with Crippen molar-refractivity contribution in [2.75, 3.05) is 12.3 Å². The third-order valence-corrected chi connectivity index (χ3v) is 3.45. The molecule has 0 amide bonds. The fourth-order valence-electron chi connectivity index (χ4n) is 2.16. The third-order valence-electron chi connectivity index (χ3n) is 3.45. The van der Waals surface area contributed by atoms with Gasteiger partial charge < -0.3 is 20.7 Å². The first-order valence-corrected chi connectivity index (χ1v) is 5.73. The number of hydrogen-bond donors (Lipinski definition) is 3. The van der Waals surface area contributed by atoms with Gasteiger partial charge in [-0.1, -0.05) is 0 Å². The third kappa shape index (κ3) is 2.20. The van der Waals surface area contributed by atoms with Gasteiger partial charge in [-0.15, -0.1) is 0 Å². The van der Waals surface area contributed by atoms with Crippen LogP contribution in [0.15, 0.2) is 17.1 Å². The molecule has 8 nitrogen and oxygen atoms in total. The van der Waals surface area contributed by atoms with Crippen LogP contribution in [-0.4, -0.2) is 38.4 Å². The molecule has 8 heteroatoms. The van der Waals surface area contributed by atoms with E-state index in [-0.39, 0.29) is 12.2 Å². The fraction of sp³-hybridized carbons (Fsp3) is 0.545. The number of nitrogens with zero attached hydrogens (tertiary/aromatic N) is 2. The Kier molecular flexibility index (Phi) is 3.29. The van der Waals surface area contributed by atoms with E-state index in [4.69, 9.17) is 10.5 Å². The van der Waals surface area contributed by atoms with Crippen molar-refractivity contribution >= 4 is 11.8 Å². The number of nitrogens with two attached hydrogens (primary N) is 1. The Morgan fingerprint density at radius 2 is 2.42 bits per heavy atom. The van der Waals surface area contributed by atoms with Crippen LogP contribution in [0.1, 0.15) is 19.6 Å². The molecule has 2 rings (SSSR count). The lowest BCUT2D eigenvalue weighted by Gasteiger charge is -2.22. The summed E-state index contributed by atoms with van der Waals surface area (Å²) in [5.74, 6) is -0.996. The highest BCUT2D eigenvalue weighted by molar-refractivity contribution is 5.75. The molecule has 1 saturated heterocycles. The minimum Gasteiger partial charge on any atom is -0.481 e. The molecule has 19 heavy (non-hydrogen) atoms. The van der Waals surface area contributed by atoms with Crippen molar-refractivity contribution in [3.05, 3.63) is 22.7 Å². The molecule has 0 saturated carbocycles. The summed E-state index contributed by atoms with van der Waals surface area (Å²) in [7, 11) is 0. The predicted molar refractivity (Wildman–Crippen MR) is 64.3 cm³/mol. The number of carbonyl (C=O) groups is 1. The topological polar surface area (TPSA) is 128 Å². The molecule has 1 aliphatic heterocycles. The molecule has 104 valence electrons. The van der Waals surface area contributed by atoms with Crippen LogP contribution < -0.4 is 11.4 Å². The average molecular weight is 269 g/mol. The summed E-state index contributed by atoms with van der Waals surface area (Å²) in [4.78, 5) is 26.5. The van der Waals surface area contributed by atoms with Gasteiger partial charge in [0.15, 0.2) is 0 Å². The second kappa shape index (κ2) is 4.63. The van der Waals surface area contributed by atoms with Crippen molar-refractivity contribution in [2.24, 2.45) is 5.41 Å².